The summed E-state index contributed by atoms with van der Waals surface area (Å²) in [4.78, 5) is 12.0. The van der Waals surface area contributed by atoms with Crippen LogP contribution in [0.3, 0.4) is 0 Å². The van der Waals surface area contributed by atoms with Crippen LogP contribution in [0.1, 0.15) is 6.92 Å². The predicted octanol–water partition coefficient (Wildman–Crippen LogP) is 4.03. The molecule has 0 heterocycles. The van der Waals surface area contributed by atoms with Gasteiger partial charge in [0.25, 0.3) is 0 Å². The number of nitrogens with one attached hydrogen (secondary N) is 2. The minimum atomic E-state index is -0.476. The zero-order valence-corrected chi connectivity index (χ0v) is 12.4. The summed E-state index contributed by atoms with van der Waals surface area (Å²) in [6.07, 6.45) is 0. The molecule has 2 aromatic carbocycles. The van der Waals surface area contributed by atoms with E-state index in [1.165, 1.54) is 12.1 Å². The lowest BCUT2D eigenvalue weighted by molar-refractivity contribution is -0.116. The molecule has 3 nitrogen and oxygen atoms in total. The summed E-state index contributed by atoms with van der Waals surface area (Å²) in [6.45, 7) is 1.72. The number of anilines is 2. The van der Waals surface area contributed by atoms with E-state index in [1.807, 2.05) is 24.3 Å². The molecule has 0 unspecified atom stereocenters. The second kappa shape index (κ2) is 6.52. The minimum absolute atomic E-state index is 0.182. The standard InChI is InChI=1S/C15H14BrFN2O/c1-10(18-12-8-6-11(16)7-9-12)15(20)19-14-5-3-2-4-13(14)17/h2-10,18H,1H3,(H,19,20)/t10-/m0/s1. The van der Waals surface area contributed by atoms with Crippen LogP contribution in [-0.2, 0) is 4.79 Å². The molecule has 0 saturated heterocycles. The fourth-order valence-corrected chi connectivity index (χ4v) is 1.93. The van der Waals surface area contributed by atoms with E-state index in [0.29, 0.717) is 0 Å². The van der Waals surface area contributed by atoms with Crippen LogP contribution >= 0.6 is 15.9 Å². The molecule has 104 valence electrons. The number of hydrogen-bond acceptors (Lipinski definition) is 2. The highest BCUT2D eigenvalue weighted by Crippen LogP contribution is 2.16. The van der Waals surface area contributed by atoms with E-state index in [4.69, 9.17) is 0 Å². The van der Waals surface area contributed by atoms with E-state index < -0.39 is 11.9 Å². The normalized spacial score (nSPS) is 11.8. The molecule has 0 aliphatic rings. The lowest BCUT2D eigenvalue weighted by atomic mass is 10.2. The first-order valence-electron chi connectivity index (χ1n) is 6.14. The second-order valence-corrected chi connectivity index (χ2v) is 5.26. The Bertz CT molecular complexity index is 601. The number of halogens is 2. The molecule has 0 aliphatic carbocycles. The smallest absolute Gasteiger partial charge is 0.246 e. The summed E-state index contributed by atoms with van der Waals surface area (Å²) >= 11 is 3.34. The molecule has 0 radical (unpaired) electrons. The first kappa shape index (κ1) is 14.5. The van der Waals surface area contributed by atoms with Crippen LogP contribution in [0.4, 0.5) is 15.8 Å². The molecule has 2 N–H and O–H groups in total. The maximum absolute atomic E-state index is 13.4. The van der Waals surface area contributed by atoms with Gasteiger partial charge in [-0.3, -0.25) is 4.79 Å². The quantitative estimate of drug-likeness (QED) is 0.885. The number of amides is 1. The number of carbonyl (C=O) groups is 1. The SMILES string of the molecule is C[C@H](Nc1ccc(Br)cc1)C(=O)Nc1ccccc1F. The zero-order valence-electron chi connectivity index (χ0n) is 10.9. The highest BCUT2D eigenvalue weighted by molar-refractivity contribution is 9.10. The van der Waals surface area contributed by atoms with E-state index in [-0.39, 0.29) is 11.6 Å². The Morgan fingerprint density at radius 3 is 2.45 bits per heavy atom. The van der Waals surface area contributed by atoms with Crippen LogP contribution in [0.15, 0.2) is 53.0 Å². The number of rotatable bonds is 4. The zero-order chi connectivity index (χ0) is 14.5. The van der Waals surface area contributed by atoms with Gasteiger partial charge in [0.05, 0.1) is 5.69 Å². The molecule has 0 spiro atoms. The molecule has 1 atom stereocenters. The first-order valence-corrected chi connectivity index (χ1v) is 6.93. The Balaban J connectivity index is 1.99. The van der Waals surface area contributed by atoms with Gasteiger partial charge in [0.1, 0.15) is 11.9 Å². The molecule has 0 bridgehead atoms. The summed E-state index contributed by atoms with van der Waals surface area (Å²) in [5.41, 5.74) is 1.01. The minimum Gasteiger partial charge on any atom is -0.374 e. The van der Waals surface area contributed by atoms with Crippen LogP contribution in [0, 0.1) is 5.82 Å². The molecule has 5 heteroatoms. The monoisotopic (exact) mass is 336 g/mol. The van der Waals surface area contributed by atoms with Crippen molar-refractivity contribution in [1.82, 2.24) is 0 Å². The molecule has 1 amide bonds. The Labute approximate surface area is 125 Å². The summed E-state index contributed by atoms with van der Waals surface area (Å²) in [5.74, 6) is -0.741. The van der Waals surface area contributed by atoms with Gasteiger partial charge in [0.2, 0.25) is 5.91 Å². The Kier molecular flexibility index (Phi) is 4.74. The Hall–Kier alpha value is -1.88. The third-order valence-corrected chi connectivity index (χ3v) is 3.28. The van der Waals surface area contributed by atoms with Gasteiger partial charge >= 0.3 is 0 Å². The van der Waals surface area contributed by atoms with Gasteiger partial charge in [-0.15, -0.1) is 0 Å². The predicted molar refractivity (Wildman–Crippen MR) is 82.3 cm³/mol. The van der Waals surface area contributed by atoms with Crippen molar-refractivity contribution >= 4 is 33.2 Å². The van der Waals surface area contributed by atoms with Crippen molar-refractivity contribution in [3.63, 3.8) is 0 Å². The van der Waals surface area contributed by atoms with Gasteiger partial charge in [-0.05, 0) is 43.3 Å². The fourth-order valence-electron chi connectivity index (χ4n) is 1.67. The number of benzene rings is 2. The summed E-state index contributed by atoms with van der Waals surface area (Å²) in [7, 11) is 0. The molecular weight excluding hydrogens is 323 g/mol. The van der Waals surface area contributed by atoms with E-state index in [2.05, 4.69) is 26.6 Å². The van der Waals surface area contributed by atoms with Gasteiger partial charge < -0.3 is 10.6 Å². The molecule has 0 fully saturated rings. The molecule has 2 rings (SSSR count). The average molecular weight is 337 g/mol. The van der Waals surface area contributed by atoms with Crippen molar-refractivity contribution < 1.29 is 9.18 Å². The first-order chi connectivity index (χ1) is 9.56. The lowest BCUT2D eigenvalue weighted by Gasteiger charge is -2.15. The van der Waals surface area contributed by atoms with Gasteiger partial charge in [-0.2, -0.15) is 0 Å². The highest BCUT2D eigenvalue weighted by Gasteiger charge is 2.14. The van der Waals surface area contributed by atoms with Crippen molar-refractivity contribution in [1.29, 1.82) is 0 Å². The summed E-state index contributed by atoms with van der Waals surface area (Å²) in [6, 6.07) is 13.1. The van der Waals surface area contributed by atoms with Crippen molar-refractivity contribution in [3.8, 4) is 0 Å². The van der Waals surface area contributed by atoms with E-state index in [9.17, 15) is 9.18 Å². The average Bonchev–Trinajstić information content (AvgIpc) is 2.44. The molecule has 0 aliphatic heterocycles. The summed E-state index contributed by atoms with van der Waals surface area (Å²) < 4.78 is 14.4. The van der Waals surface area contributed by atoms with Gasteiger partial charge in [0, 0.05) is 10.2 Å². The number of carbonyl (C=O) groups excluding carboxylic acids is 1. The van der Waals surface area contributed by atoms with E-state index in [1.54, 1.807) is 19.1 Å². The molecular formula is C15H14BrFN2O. The van der Waals surface area contributed by atoms with Gasteiger partial charge in [0.15, 0.2) is 0 Å². The van der Waals surface area contributed by atoms with Crippen molar-refractivity contribution in [3.05, 3.63) is 58.8 Å². The highest BCUT2D eigenvalue weighted by atomic mass is 79.9. The molecule has 0 aromatic heterocycles. The van der Waals surface area contributed by atoms with Gasteiger partial charge in [-0.25, -0.2) is 4.39 Å². The second-order valence-electron chi connectivity index (χ2n) is 4.34. The third-order valence-electron chi connectivity index (χ3n) is 2.75. The molecule has 20 heavy (non-hydrogen) atoms. The number of hydrogen-bond donors (Lipinski definition) is 2. The Morgan fingerprint density at radius 2 is 1.80 bits per heavy atom. The maximum Gasteiger partial charge on any atom is 0.246 e. The molecule has 0 saturated carbocycles. The molecule has 2 aromatic rings. The Morgan fingerprint density at radius 1 is 1.15 bits per heavy atom. The van der Waals surface area contributed by atoms with Crippen molar-refractivity contribution in [2.24, 2.45) is 0 Å². The van der Waals surface area contributed by atoms with E-state index >= 15 is 0 Å². The van der Waals surface area contributed by atoms with Crippen molar-refractivity contribution in [2.45, 2.75) is 13.0 Å². The van der Waals surface area contributed by atoms with Gasteiger partial charge in [-0.1, -0.05) is 28.1 Å². The number of para-hydroxylation sites is 1. The third kappa shape index (κ3) is 3.81. The van der Waals surface area contributed by atoms with Crippen LogP contribution in [0.5, 0.6) is 0 Å². The topological polar surface area (TPSA) is 41.1 Å². The van der Waals surface area contributed by atoms with Crippen LogP contribution in [0.25, 0.3) is 0 Å². The summed E-state index contributed by atoms with van der Waals surface area (Å²) in [5, 5.41) is 5.61. The van der Waals surface area contributed by atoms with Crippen LogP contribution in [0.2, 0.25) is 0 Å². The maximum atomic E-state index is 13.4. The fraction of sp³-hybridized carbons (Fsp3) is 0.133. The largest absolute Gasteiger partial charge is 0.374 e. The van der Waals surface area contributed by atoms with E-state index in [0.717, 1.165) is 10.2 Å². The van der Waals surface area contributed by atoms with Crippen molar-refractivity contribution in [2.75, 3.05) is 10.6 Å². The lowest BCUT2D eigenvalue weighted by Crippen LogP contribution is -2.32. The van der Waals surface area contributed by atoms with Crippen LogP contribution < -0.4 is 10.6 Å². The van der Waals surface area contributed by atoms with Crippen LogP contribution in [-0.4, -0.2) is 11.9 Å².